The highest BCUT2D eigenvalue weighted by molar-refractivity contribution is 5.00. The van der Waals surface area contributed by atoms with Gasteiger partial charge in [-0.05, 0) is 6.42 Å². The van der Waals surface area contributed by atoms with E-state index in [-0.39, 0.29) is 0 Å². The largest absolute Gasteiger partial charge is 0.104 e. The van der Waals surface area contributed by atoms with Gasteiger partial charge >= 0.3 is 0 Å². The lowest BCUT2D eigenvalue weighted by molar-refractivity contribution is 1.04. The van der Waals surface area contributed by atoms with Gasteiger partial charge in [0.1, 0.15) is 0 Å². The van der Waals surface area contributed by atoms with Crippen LogP contribution in [0.15, 0.2) is 0 Å². The molecule has 0 aliphatic carbocycles. The summed E-state index contributed by atoms with van der Waals surface area (Å²) in [4.78, 5) is 0. The second-order valence-electron chi connectivity index (χ2n) is 1.61. The van der Waals surface area contributed by atoms with Crippen LogP contribution in [0.5, 0.6) is 0 Å². The van der Waals surface area contributed by atoms with E-state index in [2.05, 4.69) is 32.1 Å². The number of unbranched alkanes of at least 4 members (excludes halogenated alkanes) is 2. The Bertz CT molecular complexity index is 81.9. The molecule has 0 aliphatic heterocycles. The highest BCUT2D eigenvalue weighted by atomic mass is 13.8. The van der Waals surface area contributed by atoms with Crippen LogP contribution in [-0.2, 0) is 0 Å². The van der Waals surface area contributed by atoms with Gasteiger partial charge in [0.05, 0.1) is 0 Å². The Labute approximate surface area is 52.3 Å². The number of rotatable bonds is 2. The van der Waals surface area contributed by atoms with Gasteiger partial charge < -0.3 is 0 Å². The van der Waals surface area contributed by atoms with Crippen molar-refractivity contribution >= 4 is 0 Å². The van der Waals surface area contributed by atoms with Crippen molar-refractivity contribution in [3.8, 4) is 11.8 Å². The molecule has 0 rings (SSSR count). The van der Waals surface area contributed by atoms with Gasteiger partial charge in [-0.3, -0.25) is 0 Å². The van der Waals surface area contributed by atoms with Crippen molar-refractivity contribution in [3.63, 3.8) is 0 Å². The average Bonchev–Trinajstić information content (AvgIpc) is 1.81. The fraction of sp³-hybridized carbons (Fsp3) is 0.625. The van der Waals surface area contributed by atoms with Crippen LogP contribution < -0.4 is 0 Å². The predicted molar refractivity (Wildman–Crippen MR) is 37.3 cm³/mol. The Hall–Kier alpha value is -0.440. The van der Waals surface area contributed by atoms with Gasteiger partial charge in [0.25, 0.3) is 0 Å². The van der Waals surface area contributed by atoms with Crippen molar-refractivity contribution in [1.29, 1.82) is 0 Å². The first-order chi connectivity index (χ1) is 3.91. The number of hydrogen-bond donors (Lipinski definition) is 0. The van der Waals surface area contributed by atoms with Crippen LogP contribution in [0.4, 0.5) is 0 Å². The average molecular weight is 109 g/mol. The van der Waals surface area contributed by atoms with Crippen molar-refractivity contribution in [2.75, 3.05) is 0 Å². The molecule has 0 atom stereocenters. The Kier molecular flexibility index (Phi) is 6.20. The molecule has 0 aromatic rings. The van der Waals surface area contributed by atoms with Crippen molar-refractivity contribution in [1.82, 2.24) is 0 Å². The van der Waals surface area contributed by atoms with E-state index < -0.39 is 0 Å². The summed E-state index contributed by atoms with van der Waals surface area (Å²) in [5, 5.41) is 0. The molecule has 0 heteroatoms. The lowest BCUT2D eigenvalue weighted by atomic mass is 10.2. The molecule has 0 amide bonds. The van der Waals surface area contributed by atoms with E-state index in [1.54, 1.807) is 0 Å². The maximum absolute atomic E-state index is 3.03. The van der Waals surface area contributed by atoms with Crippen LogP contribution in [0.25, 0.3) is 0 Å². The lowest BCUT2D eigenvalue weighted by Gasteiger charge is -1.81. The van der Waals surface area contributed by atoms with Crippen molar-refractivity contribution in [2.24, 2.45) is 0 Å². The third-order valence-electron chi connectivity index (χ3n) is 0.837. The molecular formula is C8H13. The van der Waals surface area contributed by atoms with Gasteiger partial charge in [-0.15, -0.1) is 11.8 Å². The highest BCUT2D eigenvalue weighted by Crippen LogP contribution is 1.88. The molecular weight excluding hydrogens is 96.1 g/mol. The third-order valence-corrected chi connectivity index (χ3v) is 0.837. The minimum atomic E-state index is 0.963. The Morgan fingerprint density at radius 3 is 2.50 bits per heavy atom. The second-order valence-corrected chi connectivity index (χ2v) is 1.61. The molecule has 0 heterocycles. The molecule has 45 valence electrons. The smallest absolute Gasteiger partial charge is 0.0120 e. The summed E-state index contributed by atoms with van der Waals surface area (Å²) in [5.41, 5.74) is 0. The van der Waals surface area contributed by atoms with Crippen LogP contribution in [-0.4, -0.2) is 0 Å². The first kappa shape index (κ1) is 7.56. The molecule has 0 aromatic heterocycles. The summed E-state index contributed by atoms with van der Waals surface area (Å²) >= 11 is 0. The molecule has 0 nitrogen and oxygen atoms in total. The fourth-order valence-corrected chi connectivity index (χ4v) is 0.414. The first-order valence-corrected chi connectivity index (χ1v) is 3.19. The van der Waals surface area contributed by atoms with Gasteiger partial charge in [-0.1, -0.05) is 20.3 Å². The minimum absolute atomic E-state index is 0.963. The zero-order valence-electron chi connectivity index (χ0n) is 5.70. The summed E-state index contributed by atoms with van der Waals surface area (Å²) in [6.45, 7) is 4.20. The molecule has 0 aromatic carbocycles. The molecule has 0 unspecified atom stereocenters. The monoisotopic (exact) mass is 109 g/mol. The van der Waals surface area contributed by atoms with E-state index in [1.807, 2.05) is 0 Å². The highest BCUT2D eigenvalue weighted by Gasteiger charge is 1.74. The van der Waals surface area contributed by atoms with Crippen LogP contribution in [0, 0.1) is 18.3 Å². The van der Waals surface area contributed by atoms with Crippen LogP contribution in [0.1, 0.15) is 33.1 Å². The molecule has 0 spiro atoms. The van der Waals surface area contributed by atoms with Gasteiger partial charge in [-0.2, -0.15) is 0 Å². The molecule has 0 bridgehead atoms. The Morgan fingerprint density at radius 1 is 1.25 bits per heavy atom. The second kappa shape index (κ2) is 6.56. The van der Waals surface area contributed by atoms with Crippen LogP contribution in [0.2, 0.25) is 0 Å². The molecule has 8 heavy (non-hydrogen) atoms. The van der Waals surface area contributed by atoms with Crippen molar-refractivity contribution in [2.45, 2.75) is 33.1 Å². The van der Waals surface area contributed by atoms with E-state index in [0.29, 0.717) is 0 Å². The first-order valence-electron chi connectivity index (χ1n) is 3.19. The molecule has 0 aliphatic rings. The molecule has 0 N–H and O–H groups in total. The van der Waals surface area contributed by atoms with E-state index in [0.717, 1.165) is 19.3 Å². The van der Waals surface area contributed by atoms with Crippen molar-refractivity contribution < 1.29 is 0 Å². The maximum Gasteiger partial charge on any atom is 0.0120 e. The Balaban J connectivity index is 2.90. The summed E-state index contributed by atoms with van der Waals surface area (Å²) in [6, 6.07) is 0. The molecule has 0 saturated carbocycles. The standard InChI is InChI=1S/C8H13/c1-3-5-7-8-6-4-2/h5H,3-4,7H2,1-2H3. The van der Waals surface area contributed by atoms with E-state index in [9.17, 15) is 0 Å². The fourth-order valence-electron chi connectivity index (χ4n) is 0.414. The maximum atomic E-state index is 3.03. The normalized spacial score (nSPS) is 7.75. The predicted octanol–water partition coefficient (Wildman–Crippen LogP) is 2.40. The van der Waals surface area contributed by atoms with Gasteiger partial charge in [0, 0.05) is 12.8 Å². The van der Waals surface area contributed by atoms with E-state index in [4.69, 9.17) is 0 Å². The van der Waals surface area contributed by atoms with Crippen LogP contribution >= 0.6 is 0 Å². The van der Waals surface area contributed by atoms with Gasteiger partial charge in [-0.25, -0.2) is 0 Å². The molecule has 0 fully saturated rings. The topological polar surface area (TPSA) is 0 Å². The minimum Gasteiger partial charge on any atom is -0.104 e. The van der Waals surface area contributed by atoms with Crippen molar-refractivity contribution in [3.05, 3.63) is 6.42 Å². The van der Waals surface area contributed by atoms with Gasteiger partial charge in [0.2, 0.25) is 0 Å². The molecule has 0 saturated heterocycles. The Morgan fingerprint density at radius 2 is 2.00 bits per heavy atom. The summed E-state index contributed by atoms with van der Waals surface area (Å²) in [7, 11) is 0. The van der Waals surface area contributed by atoms with Crippen LogP contribution in [0.3, 0.4) is 0 Å². The lowest BCUT2D eigenvalue weighted by Crippen LogP contribution is -1.67. The summed E-state index contributed by atoms with van der Waals surface area (Å²) in [6.07, 6.45) is 5.27. The van der Waals surface area contributed by atoms with Gasteiger partial charge in [0.15, 0.2) is 0 Å². The quantitative estimate of drug-likeness (QED) is 0.377. The summed E-state index contributed by atoms with van der Waals surface area (Å²) in [5.74, 6) is 6.03. The summed E-state index contributed by atoms with van der Waals surface area (Å²) < 4.78 is 0. The zero-order chi connectivity index (χ0) is 6.24. The van der Waals surface area contributed by atoms with E-state index >= 15 is 0 Å². The van der Waals surface area contributed by atoms with E-state index in [1.165, 1.54) is 0 Å². The third kappa shape index (κ3) is 5.56. The zero-order valence-corrected chi connectivity index (χ0v) is 5.70. The number of hydrogen-bond acceptors (Lipinski definition) is 0. The molecule has 1 radical (unpaired) electrons. The SMILES string of the molecule is CCC#CC[CH]CC.